The van der Waals surface area contributed by atoms with Crippen molar-refractivity contribution in [1.29, 1.82) is 0 Å². The lowest BCUT2D eigenvalue weighted by Gasteiger charge is -2.61. The SMILES string of the molecule is CCC(C)C(=O)OC1CC[C@@]2(C)C(CCC3C4CCC(C(C)CCC(=O)OC(C)(C)C)[C@@]4(C)CCC32)C1. The molecule has 4 heteroatoms. The summed E-state index contributed by atoms with van der Waals surface area (Å²) < 4.78 is 11.6. The highest BCUT2D eigenvalue weighted by Crippen LogP contribution is 2.68. The Bertz CT molecular complexity index is 829. The zero-order valence-corrected chi connectivity index (χ0v) is 25.2. The summed E-state index contributed by atoms with van der Waals surface area (Å²) in [6, 6.07) is 0. The minimum absolute atomic E-state index is 0.0102. The minimum atomic E-state index is -0.396. The Balaban J connectivity index is 1.37. The van der Waals surface area contributed by atoms with Crippen molar-refractivity contribution < 1.29 is 19.1 Å². The molecule has 0 heterocycles. The van der Waals surface area contributed by atoms with Crippen LogP contribution in [0.2, 0.25) is 0 Å². The Hall–Kier alpha value is -1.06. The molecule has 0 N–H and O–H groups in total. The molecule has 0 aromatic rings. The Kier molecular flexibility index (Phi) is 8.48. The third-order valence-corrected chi connectivity index (χ3v) is 11.9. The van der Waals surface area contributed by atoms with Crippen LogP contribution in [0.4, 0.5) is 0 Å². The number of rotatable bonds is 7. The summed E-state index contributed by atoms with van der Waals surface area (Å²) >= 11 is 0. The minimum Gasteiger partial charge on any atom is -0.462 e. The van der Waals surface area contributed by atoms with Gasteiger partial charge in [-0.1, -0.05) is 34.6 Å². The summed E-state index contributed by atoms with van der Waals surface area (Å²) in [5, 5.41) is 0. The maximum Gasteiger partial charge on any atom is 0.308 e. The van der Waals surface area contributed by atoms with E-state index in [1.165, 1.54) is 44.9 Å². The molecule has 212 valence electrons. The summed E-state index contributed by atoms with van der Waals surface area (Å²) in [5.74, 6) is 4.49. The molecule has 4 aliphatic rings. The number of hydrogen-bond donors (Lipinski definition) is 0. The van der Waals surface area contributed by atoms with E-state index in [1.54, 1.807) is 0 Å². The predicted octanol–water partition coefficient (Wildman–Crippen LogP) is 8.36. The van der Waals surface area contributed by atoms with Crippen molar-refractivity contribution in [2.45, 2.75) is 144 Å². The van der Waals surface area contributed by atoms with Gasteiger partial charge in [0.2, 0.25) is 0 Å². The molecular weight excluding hydrogens is 460 g/mol. The molecule has 4 nitrogen and oxygen atoms in total. The van der Waals surface area contributed by atoms with Gasteiger partial charge < -0.3 is 9.47 Å². The number of carbonyl (C=O) groups excluding carboxylic acids is 2. The van der Waals surface area contributed by atoms with Gasteiger partial charge in [-0.2, -0.15) is 0 Å². The summed E-state index contributed by atoms with van der Waals surface area (Å²) in [6.45, 7) is 17.5. The third-order valence-electron chi connectivity index (χ3n) is 11.9. The van der Waals surface area contributed by atoms with Gasteiger partial charge in [-0.05, 0) is 138 Å². The smallest absolute Gasteiger partial charge is 0.308 e. The lowest BCUT2D eigenvalue weighted by Crippen LogP contribution is -2.54. The molecule has 0 aliphatic heterocycles. The van der Waals surface area contributed by atoms with Crippen molar-refractivity contribution in [2.75, 3.05) is 0 Å². The van der Waals surface area contributed by atoms with Crippen LogP contribution in [0.1, 0.15) is 132 Å². The van der Waals surface area contributed by atoms with E-state index in [4.69, 9.17) is 9.47 Å². The van der Waals surface area contributed by atoms with Gasteiger partial charge in [0.05, 0.1) is 5.92 Å². The largest absolute Gasteiger partial charge is 0.462 e. The second-order valence-corrected chi connectivity index (χ2v) is 15.1. The van der Waals surface area contributed by atoms with Gasteiger partial charge in [0.1, 0.15) is 11.7 Å². The van der Waals surface area contributed by atoms with E-state index in [0.29, 0.717) is 29.1 Å². The van der Waals surface area contributed by atoms with E-state index in [2.05, 4.69) is 27.7 Å². The van der Waals surface area contributed by atoms with Gasteiger partial charge >= 0.3 is 11.9 Å². The monoisotopic (exact) mass is 516 g/mol. The normalized spacial score (nSPS) is 41.1. The highest BCUT2D eigenvalue weighted by molar-refractivity contribution is 5.72. The second kappa shape index (κ2) is 10.8. The molecule has 0 aromatic carbocycles. The topological polar surface area (TPSA) is 52.6 Å². The van der Waals surface area contributed by atoms with Crippen molar-refractivity contribution >= 4 is 11.9 Å². The average Bonchev–Trinajstić information content (AvgIpc) is 3.18. The van der Waals surface area contributed by atoms with Crippen molar-refractivity contribution in [1.82, 2.24) is 0 Å². The first kappa shape index (κ1) is 28.9. The van der Waals surface area contributed by atoms with Crippen LogP contribution in [-0.2, 0) is 19.1 Å². The van der Waals surface area contributed by atoms with Crippen LogP contribution in [0.15, 0.2) is 0 Å². The first-order chi connectivity index (χ1) is 17.3. The molecular formula is C33H56O4. The van der Waals surface area contributed by atoms with Crippen LogP contribution < -0.4 is 0 Å². The van der Waals surface area contributed by atoms with Crippen LogP contribution in [-0.4, -0.2) is 23.6 Å². The van der Waals surface area contributed by atoms with E-state index in [9.17, 15) is 9.59 Å². The molecule has 4 fully saturated rings. The maximum atomic E-state index is 12.5. The van der Waals surface area contributed by atoms with Gasteiger partial charge in [-0.15, -0.1) is 0 Å². The van der Waals surface area contributed by atoms with Crippen LogP contribution >= 0.6 is 0 Å². The molecule has 0 radical (unpaired) electrons. The Morgan fingerprint density at radius 3 is 2.27 bits per heavy atom. The van der Waals surface area contributed by atoms with E-state index >= 15 is 0 Å². The fourth-order valence-corrected chi connectivity index (χ4v) is 9.69. The fraction of sp³-hybridized carbons (Fsp3) is 0.939. The van der Waals surface area contributed by atoms with E-state index in [1.807, 2.05) is 27.7 Å². The average molecular weight is 517 g/mol. The molecule has 4 saturated carbocycles. The van der Waals surface area contributed by atoms with Gasteiger partial charge in [0.25, 0.3) is 0 Å². The first-order valence-corrected chi connectivity index (χ1v) is 15.7. The van der Waals surface area contributed by atoms with E-state index in [0.717, 1.165) is 49.4 Å². The van der Waals surface area contributed by atoms with Gasteiger partial charge in [-0.3, -0.25) is 9.59 Å². The lowest BCUT2D eigenvalue weighted by atomic mass is 9.44. The van der Waals surface area contributed by atoms with Crippen LogP contribution in [0, 0.1) is 52.3 Å². The molecule has 4 aliphatic carbocycles. The highest BCUT2D eigenvalue weighted by atomic mass is 16.6. The van der Waals surface area contributed by atoms with Crippen molar-refractivity contribution in [3.63, 3.8) is 0 Å². The lowest BCUT2D eigenvalue weighted by molar-refractivity contribution is -0.166. The number of fused-ring (bicyclic) bond motifs is 5. The Morgan fingerprint density at radius 1 is 0.919 bits per heavy atom. The van der Waals surface area contributed by atoms with Gasteiger partial charge in [-0.25, -0.2) is 0 Å². The number of esters is 2. The zero-order chi connectivity index (χ0) is 27.2. The maximum absolute atomic E-state index is 12.5. The Labute approximate surface area is 227 Å². The molecule has 8 unspecified atom stereocenters. The summed E-state index contributed by atoms with van der Waals surface area (Å²) in [4.78, 5) is 24.8. The third kappa shape index (κ3) is 5.79. The number of ether oxygens (including phenoxy) is 2. The molecule has 0 bridgehead atoms. The number of hydrogen-bond acceptors (Lipinski definition) is 4. The molecule has 0 spiro atoms. The summed E-state index contributed by atoms with van der Waals surface area (Å²) in [7, 11) is 0. The fourth-order valence-electron chi connectivity index (χ4n) is 9.69. The van der Waals surface area contributed by atoms with Crippen LogP contribution in [0.25, 0.3) is 0 Å². The molecule has 0 amide bonds. The molecule has 37 heavy (non-hydrogen) atoms. The first-order valence-electron chi connectivity index (χ1n) is 15.7. The standard InChI is InChI=1S/C33H56O4/c1-9-21(2)30(35)36-24-16-18-32(7)23(20-24)11-12-25-27-14-13-26(33(27,8)19-17-28(25)32)22(3)10-15-29(34)37-31(4,5)6/h21-28H,9-20H2,1-8H3/t21?,22?,23?,24?,25?,26?,27?,28?,32-,33+/m0/s1. The second-order valence-electron chi connectivity index (χ2n) is 15.1. The van der Waals surface area contributed by atoms with Gasteiger partial charge in [0.15, 0.2) is 0 Å². The molecule has 4 rings (SSSR count). The van der Waals surface area contributed by atoms with E-state index < -0.39 is 5.60 Å². The van der Waals surface area contributed by atoms with Crippen LogP contribution in [0.5, 0.6) is 0 Å². The molecule has 0 aromatic heterocycles. The molecule has 0 saturated heterocycles. The van der Waals surface area contributed by atoms with Crippen molar-refractivity contribution in [3.05, 3.63) is 0 Å². The van der Waals surface area contributed by atoms with Crippen molar-refractivity contribution in [3.8, 4) is 0 Å². The van der Waals surface area contributed by atoms with E-state index in [-0.39, 0.29) is 24.0 Å². The van der Waals surface area contributed by atoms with Gasteiger partial charge in [0, 0.05) is 6.42 Å². The number of carbonyl (C=O) groups is 2. The summed E-state index contributed by atoms with van der Waals surface area (Å²) in [5.41, 5.74) is 0.428. The zero-order valence-electron chi connectivity index (χ0n) is 25.2. The van der Waals surface area contributed by atoms with Crippen LogP contribution in [0.3, 0.4) is 0 Å². The summed E-state index contributed by atoms with van der Waals surface area (Å²) in [6.07, 6.45) is 13.9. The Morgan fingerprint density at radius 2 is 1.59 bits per heavy atom. The predicted molar refractivity (Wildman–Crippen MR) is 149 cm³/mol. The quantitative estimate of drug-likeness (QED) is 0.319. The molecule has 10 atom stereocenters. The highest BCUT2D eigenvalue weighted by Gasteiger charge is 2.60. The van der Waals surface area contributed by atoms with Crippen molar-refractivity contribution in [2.24, 2.45) is 52.3 Å².